The monoisotopic (exact) mass is 292 g/mol. The SMILES string of the molecule is CCNC(C)c1ccc(N(CC(C)C)CC(C)C)cc1O. The minimum atomic E-state index is 0.174. The number of nitrogens with zero attached hydrogens (tertiary/aromatic N) is 1. The molecule has 0 saturated carbocycles. The number of nitrogens with one attached hydrogen (secondary N) is 1. The topological polar surface area (TPSA) is 35.5 Å². The van der Waals surface area contributed by atoms with Crippen molar-refractivity contribution >= 4 is 5.69 Å². The van der Waals surface area contributed by atoms with Gasteiger partial charge in [-0.2, -0.15) is 0 Å². The van der Waals surface area contributed by atoms with Crippen molar-refractivity contribution in [3.05, 3.63) is 23.8 Å². The van der Waals surface area contributed by atoms with Crippen LogP contribution >= 0.6 is 0 Å². The lowest BCUT2D eigenvalue weighted by atomic mass is 10.0. The van der Waals surface area contributed by atoms with Gasteiger partial charge >= 0.3 is 0 Å². The van der Waals surface area contributed by atoms with Gasteiger partial charge in [-0.1, -0.05) is 40.7 Å². The Labute approximate surface area is 130 Å². The number of rotatable bonds is 8. The lowest BCUT2D eigenvalue weighted by Gasteiger charge is -2.29. The molecule has 1 aromatic carbocycles. The fourth-order valence-corrected chi connectivity index (χ4v) is 2.68. The van der Waals surface area contributed by atoms with E-state index >= 15 is 0 Å². The van der Waals surface area contributed by atoms with Gasteiger partial charge in [-0.05, 0) is 31.4 Å². The normalized spacial score (nSPS) is 13.0. The zero-order valence-corrected chi connectivity index (χ0v) is 14.5. The van der Waals surface area contributed by atoms with Crippen molar-refractivity contribution in [2.45, 2.75) is 47.6 Å². The molecule has 1 aromatic rings. The molecule has 0 aliphatic heterocycles. The molecule has 0 bridgehead atoms. The van der Waals surface area contributed by atoms with E-state index in [4.69, 9.17) is 0 Å². The Balaban J connectivity index is 2.97. The molecule has 0 fully saturated rings. The van der Waals surface area contributed by atoms with Crippen LogP contribution < -0.4 is 10.2 Å². The van der Waals surface area contributed by atoms with Crippen LogP contribution in [0, 0.1) is 11.8 Å². The minimum absolute atomic E-state index is 0.174. The second-order valence-electron chi connectivity index (χ2n) is 6.72. The zero-order valence-electron chi connectivity index (χ0n) is 14.5. The van der Waals surface area contributed by atoms with Crippen LogP contribution in [0.5, 0.6) is 5.75 Å². The first-order valence-electron chi connectivity index (χ1n) is 8.16. The average Bonchev–Trinajstić information content (AvgIpc) is 2.36. The molecule has 0 heterocycles. The Hall–Kier alpha value is -1.22. The summed E-state index contributed by atoms with van der Waals surface area (Å²) in [6, 6.07) is 6.26. The highest BCUT2D eigenvalue weighted by atomic mass is 16.3. The van der Waals surface area contributed by atoms with Crippen molar-refractivity contribution in [2.75, 3.05) is 24.5 Å². The number of hydrogen-bond acceptors (Lipinski definition) is 3. The standard InChI is InChI=1S/C18H32N2O/c1-7-19-15(6)17-9-8-16(10-18(17)21)20(11-13(2)3)12-14(4)5/h8-10,13-15,19,21H,7,11-12H2,1-6H3. The second-order valence-corrected chi connectivity index (χ2v) is 6.72. The van der Waals surface area contributed by atoms with E-state index in [0.717, 1.165) is 30.9 Å². The van der Waals surface area contributed by atoms with Gasteiger partial charge in [-0.3, -0.25) is 0 Å². The number of anilines is 1. The number of phenolic OH excluding ortho intramolecular Hbond substituents is 1. The predicted octanol–water partition coefficient (Wildman–Crippen LogP) is 4.18. The quantitative estimate of drug-likeness (QED) is 0.754. The minimum Gasteiger partial charge on any atom is -0.508 e. The molecule has 21 heavy (non-hydrogen) atoms. The Morgan fingerprint density at radius 1 is 1.05 bits per heavy atom. The van der Waals surface area contributed by atoms with E-state index in [1.807, 2.05) is 12.1 Å². The summed E-state index contributed by atoms with van der Waals surface area (Å²) in [7, 11) is 0. The molecule has 0 spiro atoms. The molecule has 3 heteroatoms. The smallest absolute Gasteiger partial charge is 0.122 e. The van der Waals surface area contributed by atoms with Crippen LogP contribution in [0.4, 0.5) is 5.69 Å². The zero-order chi connectivity index (χ0) is 16.0. The lowest BCUT2D eigenvalue weighted by Crippen LogP contribution is -2.31. The van der Waals surface area contributed by atoms with Crippen molar-refractivity contribution in [3.63, 3.8) is 0 Å². The summed E-state index contributed by atoms with van der Waals surface area (Å²) in [4.78, 5) is 2.37. The number of phenols is 1. The molecule has 0 amide bonds. The van der Waals surface area contributed by atoms with Crippen LogP contribution in [-0.4, -0.2) is 24.7 Å². The first-order valence-corrected chi connectivity index (χ1v) is 8.16. The maximum atomic E-state index is 10.3. The molecule has 1 atom stereocenters. The highest BCUT2D eigenvalue weighted by molar-refractivity contribution is 5.54. The van der Waals surface area contributed by atoms with Crippen LogP contribution in [0.2, 0.25) is 0 Å². The molecule has 0 aromatic heterocycles. The number of benzene rings is 1. The fourth-order valence-electron chi connectivity index (χ4n) is 2.68. The summed E-state index contributed by atoms with van der Waals surface area (Å²) < 4.78 is 0. The Bertz CT molecular complexity index is 419. The van der Waals surface area contributed by atoms with Gasteiger partial charge in [0.25, 0.3) is 0 Å². The first kappa shape index (κ1) is 17.8. The van der Waals surface area contributed by atoms with Crippen LogP contribution in [0.15, 0.2) is 18.2 Å². The number of hydrogen-bond donors (Lipinski definition) is 2. The van der Waals surface area contributed by atoms with Gasteiger partial charge in [0.1, 0.15) is 5.75 Å². The largest absolute Gasteiger partial charge is 0.508 e. The summed E-state index contributed by atoms with van der Waals surface area (Å²) in [5.74, 6) is 1.59. The van der Waals surface area contributed by atoms with Crippen molar-refractivity contribution in [3.8, 4) is 5.75 Å². The Morgan fingerprint density at radius 2 is 1.62 bits per heavy atom. The van der Waals surface area contributed by atoms with Crippen LogP contribution in [0.1, 0.15) is 53.1 Å². The molecular weight excluding hydrogens is 260 g/mol. The lowest BCUT2D eigenvalue weighted by molar-refractivity contribution is 0.454. The maximum Gasteiger partial charge on any atom is 0.122 e. The second kappa shape index (κ2) is 8.28. The summed E-state index contributed by atoms with van der Waals surface area (Å²) in [5.41, 5.74) is 2.08. The Kier molecular flexibility index (Phi) is 7.03. The highest BCUT2D eigenvalue weighted by Gasteiger charge is 2.14. The molecule has 0 aliphatic carbocycles. The highest BCUT2D eigenvalue weighted by Crippen LogP contribution is 2.29. The van der Waals surface area contributed by atoms with E-state index in [1.165, 1.54) is 0 Å². The van der Waals surface area contributed by atoms with Crippen molar-refractivity contribution in [2.24, 2.45) is 11.8 Å². The summed E-state index contributed by atoms with van der Waals surface area (Å²) in [5, 5.41) is 13.7. The molecule has 0 aliphatic rings. The fraction of sp³-hybridized carbons (Fsp3) is 0.667. The molecule has 1 unspecified atom stereocenters. The van der Waals surface area contributed by atoms with Gasteiger partial charge in [0.05, 0.1) is 0 Å². The van der Waals surface area contributed by atoms with Gasteiger partial charge < -0.3 is 15.3 Å². The van der Waals surface area contributed by atoms with Crippen LogP contribution in [0.3, 0.4) is 0 Å². The number of aromatic hydroxyl groups is 1. The van der Waals surface area contributed by atoms with Gasteiger partial charge in [-0.25, -0.2) is 0 Å². The third-order valence-electron chi connectivity index (χ3n) is 3.53. The summed E-state index contributed by atoms with van der Waals surface area (Å²) in [6.45, 7) is 16.0. The van der Waals surface area contributed by atoms with Gasteiger partial charge in [0, 0.05) is 36.4 Å². The third-order valence-corrected chi connectivity index (χ3v) is 3.53. The van der Waals surface area contributed by atoms with Gasteiger partial charge in [0.15, 0.2) is 0 Å². The molecule has 120 valence electrons. The van der Waals surface area contributed by atoms with Crippen LogP contribution in [-0.2, 0) is 0 Å². The molecule has 3 nitrogen and oxygen atoms in total. The van der Waals surface area contributed by atoms with Crippen molar-refractivity contribution < 1.29 is 5.11 Å². The molecular formula is C18H32N2O. The van der Waals surface area contributed by atoms with Gasteiger partial charge in [0.2, 0.25) is 0 Å². The van der Waals surface area contributed by atoms with E-state index in [9.17, 15) is 5.11 Å². The van der Waals surface area contributed by atoms with Crippen molar-refractivity contribution in [1.29, 1.82) is 0 Å². The first-order chi connectivity index (χ1) is 9.85. The van der Waals surface area contributed by atoms with E-state index in [0.29, 0.717) is 17.6 Å². The van der Waals surface area contributed by atoms with E-state index in [-0.39, 0.29) is 6.04 Å². The Morgan fingerprint density at radius 3 is 2.05 bits per heavy atom. The maximum absolute atomic E-state index is 10.3. The summed E-state index contributed by atoms with van der Waals surface area (Å²) >= 11 is 0. The van der Waals surface area contributed by atoms with E-state index in [1.54, 1.807) is 0 Å². The average molecular weight is 292 g/mol. The van der Waals surface area contributed by atoms with E-state index in [2.05, 4.69) is 57.8 Å². The third kappa shape index (κ3) is 5.58. The van der Waals surface area contributed by atoms with Crippen molar-refractivity contribution in [1.82, 2.24) is 5.32 Å². The molecule has 0 saturated heterocycles. The van der Waals surface area contributed by atoms with E-state index < -0.39 is 0 Å². The molecule has 0 radical (unpaired) electrons. The van der Waals surface area contributed by atoms with Gasteiger partial charge in [-0.15, -0.1) is 0 Å². The molecule has 1 rings (SSSR count). The predicted molar refractivity (Wildman–Crippen MR) is 92.1 cm³/mol. The molecule has 2 N–H and O–H groups in total. The van der Waals surface area contributed by atoms with Crippen LogP contribution in [0.25, 0.3) is 0 Å². The summed E-state index contributed by atoms with van der Waals surface area (Å²) in [6.07, 6.45) is 0.